The lowest BCUT2D eigenvalue weighted by Crippen LogP contribution is -2.47. The highest BCUT2D eigenvalue weighted by Crippen LogP contribution is 2.13. The fourth-order valence-corrected chi connectivity index (χ4v) is 2.51. The first-order valence-corrected chi connectivity index (χ1v) is 7.46. The van der Waals surface area contributed by atoms with E-state index in [1.165, 1.54) is 24.3 Å². The predicted octanol–water partition coefficient (Wildman–Crippen LogP) is 2.19. The number of nitrogens with zero attached hydrogens (tertiary/aromatic N) is 1. The van der Waals surface area contributed by atoms with Crippen molar-refractivity contribution in [3.8, 4) is 5.75 Å². The average molecular weight is 294 g/mol. The van der Waals surface area contributed by atoms with E-state index >= 15 is 0 Å². The van der Waals surface area contributed by atoms with Crippen LogP contribution in [0.3, 0.4) is 0 Å². The van der Waals surface area contributed by atoms with Crippen LogP contribution in [0.5, 0.6) is 5.75 Å². The number of rotatable bonds is 5. The van der Waals surface area contributed by atoms with Gasteiger partial charge in [-0.1, -0.05) is 0 Å². The number of amides is 1. The summed E-state index contributed by atoms with van der Waals surface area (Å²) in [5, 5.41) is 3.00. The monoisotopic (exact) mass is 294 g/mol. The number of likely N-dealkylation sites (tertiary alicyclic amines) is 1. The number of nitrogens with one attached hydrogen (secondary N) is 1. The van der Waals surface area contributed by atoms with Crippen molar-refractivity contribution in [1.29, 1.82) is 0 Å². The number of hydrogen-bond acceptors (Lipinski definition) is 3. The summed E-state index contributed by atoms with van der Waals surface area (Å²) >= 11 is 0. The van der Waals surface area contributed by atoms with Crippen molar-refractivity contribution >= 4 is 5.91 Å². The summed E-state index contributed by atoms with van der Waals surface area (Å²) in [6.45, 7) is 6.38. The van der Waals surface area contributed by atoms with Crippen LogP contribution in [-0.4, -0.2) is 42.6 Å². The molecule has 0 atom stereocenters. The van der Waals surface area contributed by atoms with E-state index < -0.39 is 0 Å². The number of benzene rings is 1. The zero-order valence-electron chi connectivity index (χ0n) is 12.6. The molecule has 1 amide bonds. The topological polar surface area (TPSA) is 41.6 Å². The zero-order chi connectivity index (χ0) is 15.2. The van der Waals surface area contributed by atoms with E-state index in [0.29, 0.717) is 11.8 Å². The van der Waals surface area contributed by atoms with Crippen LogP contribution in [0.4, 0.5) is 4.39 Å². The predicted molar refractivity (Wildman–Crippen MR) is 79.8 cm³/mol. The SMILES string of the molecule is CC(C)N1CCC(NC(=O)COc2ccc(F)cc2)CC1. The molecular weight excluding hydrogens is 271 g/mol. The molecule has 0 saturated carbocycles. The summed E-state index contributed by atoms with van der Waals surface area (Å²) in [7, 11) is 0. The van der Waals surface area contributed by atoms with Gasteiger partial charge in [-0.15, -0.1) is 0 Å². The average Bonchev–Trinajstić information content (AvgIpc) is 2.47. The molecular formula is C16H23FN2O2. The molecule has 0 radical (unpaired) electrons. The van der Waals surface area contributed by atoms with Gasteiger partial charge in [0.25, 0.3) is 5.91 Å². The quantitative estimate of drug-likeness (QED) is 0.905. The maximum absolute atomic E-state index is 12.7. The molecule has 1 saturated heterocycles. The Morgan fingerprint density at radius 1 is 1.33 bits per heavy atom. The Hall–Kier alpha value is -1.62. The van der Waals surface area contributed by atoms with E-state index in [1.807, 2.05) is 0 Å². The summed E-state index contributed by atoms with van der Waals surface area (Å²) in [6, 6.07) is 6.45. The smallest absolute Gasteiger partial charge is 0.258 e. The molecule has 1 aromatic carbocycles. The molecule has 4 nitrogen and oxygen atoms in total. The van der Waals surface area contributed by atoms with Crippen molar-refractivity contribution in [3.63, 3.8) is 0 Å². The number of ether oxygens (including phenoxy) is 1. The van der Waals surface area contributed by atoms with E-state index in [-0.39, 0.29) is 24.4 Å². The van der Waals surface area contributed by atoms with Crippen molar-refractivity contribution in [3.05, 3.63) is 30.1 Å². The van der Waals surface area contributed by atoms with Gasteiger partial charge in [-0.05, 0) is 51.0 Å². The minimum Gasteiger partial charge on any atom is -0.484 e. The standard InChI is InChI=1S/C16H23FN2O2/c1-12(2)19-9-7-14(8-10-19)18-16(20)11-21-15-5-3-13(17)4-6-15/h3-6,12,14H,7-11H2,1-2H3,(H,18,20). The zero-order valence-corrected chi connectivity index (χ0v) is 12.6. The Bertz CT molecular complexity index is 454. The molecule has 116 valence electrons. The van der Waals surface area contributed by atoms with Crippen LogP contribution in [0.2, 0.25) is 0 Å². The summed E-state index contributed by atoms with van der Waals surface area (Å²) < 4.78 is 18.1. The van der Waals surface area contributed by atoms with Crippen molar-refractivity contribution in [1.82, 2.24) is 10.2 Å². The molecule has 0 unspecified atom stereocenters. The molecule has 0 spiro atoms. The van der Waals surface area contributed by atoms with E-state index in [0.717, 1.165) is 25.9 Å². The molecule has 1 N–H and O–H groups in total. The lowest BCUT2D eigenvalue weighted by atomic mass is 10.0. The second-order valence-corrected chi connectivity index (χ2v) is 5.71. The maximum Gasteiger partial charge on any atom is 0.258 e. The Balaban J connectivity index is 1.69. The van der Waals surface area contributed by atoms with Gasteiger partial charge in [-0.25, -0.2) is 4.39 Å². The van der Waals surface area contributed by atoms with Crippen molar-refractivity contribution in [2.45, 2.75) is 38.8 Å². The van der Waals surface area contributed by atoms with Gasteiger partial charge < -0.3 is 15.0 Å². The van der Waals surface area contributed by atoms with E-state index in [2.05, 4.69) is 24.1 Å². The summed E-state index contributed by atoms with van der Waals surface area (Å²) in [5.74, 6) is 0.0622. The van der Waals surface area contributed by atoms with Gasteiger partial charge in [0.2, 0.25) is 0 Å². The molecule has 1 heterocycles. The van der Waals surface area contributed by atoms with Crippen molar-refractivity contribution < 1.29 is 13.9 Å². The van der Waals surface area contributed by atoms with Crippen LogP contribution in [-0.2, 0) is 4.79 Å². The van der Waals surface area contributed by atoms with Crippen LogP contribution in [0.15, 0.2) is 24.3 Å². The lowest BCUT2D eigenvalue weighted by Gasteiger charge is -2.34. The second-order valence-electron chi connectivity index (χ2n) is 5.71. The summed E-state index contributed by atoms with van der Waals surface area (Å²) in [6.07, 6.45) is 1.95. The number of halogens is 1. The molecule has 0 aromatic heterocycles. The molecule has 0 bridgehead atoms. The minimum absolute atomic E-state index is 0.0317. The maximum atomic E-state index is 12.7. The van der Waals surface area contributed by atoms with E-state index in [1.54, 1.807) is 0 Å². The highest BCUT2D eigenvalue weighted by molar-refractivity contribution is 5.77. The first-order chi connectivity index (χ1) is 10.0. The van der Waals surface area contributed by atoms with Gasteiger partial charge in [0.15, 0.2) is 6.61 Å². The number of carbonyl (C=O) groups excluding carboxylic acids is 1. The van der Waals surface area contributed by atoms with E-state index in [4.69, 9.17) is 4.74 Å². The van der Waals surface area contributed by atoms with E-state index in [9.17, 15) is 9.18 Å². The third-order valence-corrected chi connectivity index (χ3v) is 3.81. The van der Waals surface area contributed by atoms with Gasteiger partial charge in [-0.2, -0.15) is 0 Å². The Labute approximate surface area is 125 Å². The fraction of sp³-hybridized carbons (Fsp3) is 0.562. The largest absolute Gasteiger partial charge is 0.484 e. The third-order valence-electron chi connectivity index (χ3n) is 3.81. The minimum atomic E-state index is -0.316. The number of carbonyl (C=O) groups is 1. The van der Waals surface area contributed by atoms with Crippen molar-refractivity contribution in [2.75, 3.05) is 19.7 Å². The molecule has 21 heavy (non-hydrogen) atoms. The normalized spacial score (nSPS) is 17.0. The summed E-state index contributed by atoms with van der Waals surface area (Å²) in [4.78, 5) is 14.3. The van der Waals surface area contributed by atoms with Crippen LogP contribution < -0.4 is 10.1 Å². The molecule has 0 aliphatic carbocycles. The van der Waals surface area contributed by atoms with Crippen LogP contribution >= 0.6 is 0 Å². The first-order valence-electron chi connectivity index (χ1n) is 7.46. The first kappa shape index (κ1) is 15.8. The Morgan fingerprint density at radius 3 is 2.52 bits per heavy atom. The molecule has 5 heteroatoms. The molecule has 1 aromatic rings. The van der Waals surface area contributed by atoms with Crippen LogP contribution in [0.25, 0.3) is 0 Å². The van der Waals surface area contributed by atoms with Gasteiger partial charge in [0, 0.05) is 25.2 Å². The molecule has 2 rings (SSSR count). The molecule has 1 aliphatic rings. The highest BCUT2D eigenvalue weighted by Gasteiger charge is 2.21. The van der Waals surface area contributed by atoms with Crippen molar-refractivity contribution in [2.24, 2.45) is 0 Å². The third kappa shape index (κ3) is 5.01. The number of hydrogen-bond donors (Lipinski definition) is 1. The molecule has 1 fully saturated rings. The highest BCUT2D eigenvalue weighted by atomic mass is 19.1. The van der Waals surface area contributed by atoms with Crippen LogP contribution in [0, 0.1) is 5.82 Å². The number of piperidine rings is 1. The summed E-state index contributed by atoms with van der Waals surface area (Å²) in [5.41, 5.74) is 0. The Kier molecular flexibility index (Phi) is 5.56. The fourth-order valence-electron chi connectivity index (χ4n) is 2.51. The second kappa shape index (κ2) is 7.41. The molecule has 1 aliphatic heterocycles. The lowest BCUT2D eigenvalue weighted by molar-refractivity contribution is -0.124. The van der Waals surface area contributed by atoms with Crippen LogP contribution in [0.1, 0.15) is 26.7 Å². The van der Waals surface area contributed by atoms with Gasteiger partial charge in [0.05, 0.1) is 0 Å². The Morgan fingerprint density at radius 2 is 1.95 bits per heavy atom. The van der Waals surface area contributed by atoms with Gasteiger partial charge in [-0.3, -0.25) is 4.79 Å². The van der Waals surface area contributed by atoms with Gasteiger partial charge >= 0.3 is 0 Å². The van der Waals surface area contributed by atoms with Gasteiger partial charge in [0.1, 0.15) is 11.6 Å².